The van der Waals surface area contributed by atoms with E-state index < -0.39 is 5.82 Å². The molecule has 0 radical (unpaired) electrons. The molecule has 3 N–H and O–H groups in total. The Bertz CT molecular complexity index is 522. The van der Waals surface area contributed by atoms with E-state index in [4.69, 9.17) is 5.73 Å². The number of hydrogen-bond acceptors (Lipinski definition) is 2. The summed E-state index contributed by atoms with van der Waals surface area (Å²) >= 11 is 0. The first kappa shape index (κ1) is 15.8. The van der Waals surface area contributed by atoms with Crippen molar-refractivity contribution >= 4 is 11.6 Å². The van der Waals surface area contributed by atoms with Gasteiger partial charge in [0.2, 0.25) is 0 Å². The van der Waals surface area contributed by atoms with Crippen LogP contribution in [-0.2, 0) is 0 Å². The van der Waals surface area contributed by atoms with Gasteiger partial charge < -0.3 is 11.1 Å². The maximum Gasteiger partial charge on any atom is 0.253 e. The van der Waals surface area contributed by atoms with Crippen LogP contribution in [0.1, 0.15) is 56.8 Å². The average molecular weight is 292 g/mol. The molecule has 1 fully saturated rings. The molecule has 1 aliphatic rings. The molecule has 2 unspecified atom stereocenters. The Morgan fingerprint density at radius 2 is 1.95 bits per heavy atom. The van der Waals surface area contributed by atoms with Crippen molar-refractivity contribution < 1.29 is 9.18 Å². The third-order valence-corrected chi connectivity index (χ3v) is 4.49. The molecule has 0 spiro atoms. The number of hydrogen-bond donors (Lipinski definition) is 2. The molecule has 1 aromatic carbocycles. The van der Waals surface area contributed by atoms with Crippen molar-refractivity contribution in [2.75, 3.05) is 5.73 Å². The van der Waals surface area contributed by atoms with Crippen LogP contribution >= 0.6 is 0 Å². The van der Waals surface area contributed by atoms with Gasteiger partial charge >= 0.3 is 0 Å². The molecule has 1 amide bonds. The Kier molecular flexibility index (Phi) is 4.55. The maximum absolute atomic E-state index is 13.5. The monoisotopic (exact) mass is 292 g/mol. The summed E-state index contributed by atoms with van der Waals surface area (Å²) in [5, 5.41) is 3.07. The first-order chi connectivity index (χ1) is 9.80. The second kappa shape index (κ2) is 6.04. The molecule has 0 aliphatic heterocycles. The van der Waals surface area contributed by atoms with Crippen molar-refractivity contribution in [1.82, 2.24) is 5.32 Å². The van der Waals surface area contributed by atoms with Crippen molar-refractivity contribution in [3.05, 3.63) is 29.6 Å². The van der Waals surface area contributed by atoms with E-state index in [-0.39, 0.29) is 28.6 Å². The predicted molar refractivity (Wildman–Crippen MR) is 83.5 cm³/mol. The van der Waals surface area contributed by atoms with Crippen molar-refractivity contribution in [3.8, 4) is 0 Å². The molecule has 3 nitrogen and oxygen atoms in total. The fourth-order valence-electron chi connectivity index (χ4n) is 3.32. The van der Waals surface area contributed by atoms with Crippen molar-refractivity contribution in [1.29, 1.82) is 0 Å². The topological polar surface area (TPSA) is 55.1 Å². The van der Waals surface area contributed by atoms with Crippen LogP contribution < -0.4 is 11.1 Å². The molecule has 0 saturated heterocycles. The first-order valence-electron chi connectivity index (χ1n) is 7.65. The van der Waals surface area contributed by atoms with Crippen molar-refractivity contribution in [3.63, 3.8) is 0 Å². The standard InChI is InChI=1S/C17H25FN2O/c1-17(2,3)12-8-4-5-10-14(12)20-16(21)11-7-6-9-13(18)15(11)19/h6-7,9,12,14H,4-5,8,10,19H2,1-3H3,(H,20,21). The number of nitrogens with one attached hydrogen (secondary N) is 1. The van der Waals surface area contributed by atoms with Gasteiger partial charge in [-0.2, -0.15) is 0 Å². The lowest BCUT2D eigenvalue weighted by molar-refractivity contribution is 0.0830. The van der Waals surface area contributed by atoms with E-state index >= 15 is 0 Å². The molecule has 2 rings (SSSR count). The Balaban J connectivity index is 2.15. The van der Waals surface area contributed by atoms with Crippen LogP contribution in [0.3, 0.4) is 0 Å². The van der Waals surface area contributed by atoms with Crippen LogP contribution in [0, 0.1) is 17.2 Å². The van der Waals surface area contributed by atoms with Gasteiger partial charge in [-0.3, -0.25) is 4.79 Å². The molecule has 0 aromatic heterocycles. The highest BCUT2D eigenvalue weighted by Crippen LogP contribution is 2.38. The highest BCUT2D eigenvalue weighted by molar-refractivity contribution is 5.99. The number of carbonyl (C=O) groups is 1. The Labute approximate surface area is 126 Å². The summed E-state index contributed by atoms with van der Waals surface area (Å²) in [6.07, 6.45) is 4.42. The van der Waals surface area contributed by atoms with Crippen LogP contribution in [0.15, 0.2) is 18.2 Å². The minimum absolute atomic E-state index is 0.0712. The quantitative estimate of drug-likeness (QED) is 0.816. The number of halogens is 1. The summed E-state index contributed by atoms with van der Waals surface area (Å²) in [7, 11) is 0. The number of amides is 1. The number of nitrogen functional groups attached to an aromatic ring is 1. The molecule has 1 saturated carbocycles. The minimum Gasteiger partial charge on any atom is -0.396 e. The fourth-order valence-corrected chi connectivity index (χ4v) is 3.32. The summed E-state index contributed by atoms with van der Waals surface area (Å²) in [5.74, 6) is -0.378. The number of anilines is 1. The van der Waals surface area contributed by atoms with Gasteiger partial charge in [-0.15, -0.1) is 0 Å². The van der Waals surface area contributed by atoms with E-state index in [2.05, 4.69) is 26.1 Å². The molecule has 4 heteroatoms. The number of para-hydroxylation sites is 1. The first-order valence-corrected chi connectivity index (χ1v) is 7.65. The highest BCUT2D eigenvalue weighted by atomic mass is 19.1. The highest BCUT2D eigenvalue weighted by Gasteiger charge is 2.35. The SMILES string of the molecule is CC(C)(C)C1CCCCC1NC(=O)c1cccc(F)c1N. The Hall–Kier alpha value is -1.58. The van der Waals surface area contributed by atoms with Crippen LogP contribution in [0.4, 0.5) is 10.1 Å². The van der Waals surface area contributed by atoms with Crippen molar-refractivity contribution in [2.24, 2.45) is 11.3 Å². The zero-order valence-electron chi connectivity index (χ0n) is 13.1. The molecule has 1 aliphatic carbocycles. The maximum atomic E-state index is 13.5. The lowest BCUT2D eigenvalue weighted by Gasteiger charge is -2.40. The number of rotatable bonds is 2. The Morgan fingerprint density at radius 1 is 1.29 bits per heavy atom. The smallest absolute Gasteiger partial charge is 0.253 e. The van der Waals surface area contributed by atoms with E-state index in [1.54, 1.807) is 6.07 Å². The molecular weight excluding hydrogens is 267 g/mol. The van der Waals surface area contributed by atoms with Gasteiger partial charge in [0.05, 0.1) is 11.3 Å². The van der Waals surface area contributed by atoms with Gasteiger partial charge in [0.1, 0.15) is 5.82 Å². The molecular formula is C17H25FN2O. The van der Waals surface area contributed by atoms with Crippen LogP contribution in [0.5, 0.6) is 0 Å². The fraction of sp³-hybridized carbons (Fsp3) is 0.588. The lowest BCUT2D eigenvalue weighted by atomic mass is 9.69. The third-order valence-electron chi connectivity index (χ3n) is 4.49. The molecule has 1 aromatic rings. The number of nitrogens with two attached hydrogens (primary N) is 1. The minimum atomic E-state index is -0.543. The molecule has 21 heavy (non-hydrogen) atoms. The van der Waals surface area contributed by atoms with Gasteiger partial charge in [0.15, 0.2) is 0 Å². The van der Waals surface area contributed by atoms with E-state index in [0.717, 1.165) is 19.3 Å². The normalized spacial score (nSPS) is 22.9. The van der Waals surface area contributed by atoms with Gasteiger partial charge in [-0.25, -0.2) is 4.39 Å². The zero-order valence-corrected chi connectivity index (χ0v) is 13.1. The molecule has 0 heterocycles. The molecule has 2 atom stereocenters. The van der Waals surface area contributed by atoms with Crippen LogP contribution in [-0.4, -0.2) is 11.9 Å². The molecule has 0 bridgehead atoms. The number of benzene rings is 1. The van der Waals surface area contributed by atoms with Crippen LogP contribution in [0.25, 0.3) is 0 Å². The third kappa shape index (κ3) is 3.55. The second-order valence-electron chi connectivity index (χ2n) is 7.04. The van der Waals surface area contributed by atoms with Gasteiger partial charge in [0, 0.05) is 6.04 Å². The largest absolute Gasteiger partial charge is 0.396 e. The van der Waals surface area contributed by atoms with Crippen molar-refractivity contribution in [2.45, 2.75) is 52.5 Å². The summed E-state index contributed by atoms with van der Waals surface area (Å²) in [4.78, 5) is 12.4. The number of carbonyl (C=O) groups excluding carboxylic acids is 1. The summed E-state index contributed by atoms with van der Waals surface area (Å²) in [6.45, 7) is 6.62. The van der Waals surface area contributed by atoms with E-state index in [1.165, 1.54) is 18.6 Å². The summed E-state index contributed by atoms with van der Waals surface area (Å²) in [5.41, 5.74) is 5.98. The second-order valence-corrected chi connectivity index (χ2v) is 7.04. The van der Waals surface area contributed by atoms with E-state index in [1.807, 2.05) is 0 Å². The van der Waals surface area contributed by atoms with Gasteiger partial charge in [-0.1, -0.05) is 39.7 Å². The van der Waals surface area contributed by atoms with Crippen LogP contribution in [0.2, 0.25) is 0 Å². The summed E-state index contributed by atoms with van der Waals surface area (Å²) in [6, 6.07) is 4.49. The lowest BCUT2D eigenvalue weighted by Crippen LogP contribution is -2.46. The summed E-state index contributed by atoms with van der Waals surface area (Å²) < 4.78 is 13.5. The van der Waals surface area contributed by atoms with E-state index in [9.17, 15) is 9.18 Å². The van der Waals surface area contributed by atoms with Gasteiger partial charge in [0.25, 0.3) is 5.91 Å². The predicted octanol–water partition coefficient (Wildman–Crippen LogP) is 3.74. The molecule has 116 valence electrons. The zero-order chi connectivity index (χ0) is 15.6. The Morgan fingerprint density at radius 3 is 2.62 bits per heavy atom. The van der Waals surface area contributed by atoms with Gasteiger partial charge in [-0.05, 0) is 36.3 Å². The average Bonchev–Trinajstić information content (AvgIpc) is 2.41. The van der Waals surface area contributed by atoms with E-state index in [0.29, 0.717) is 5.92 Å².